The summed E-state index contributed by atoms with van der Waals surface area (Å²) in [5.41, 5.74) is 4.69. The number of nitrogens with one attached hydrogen (secondary N) is 1. The molecule has 3 nitrogen and oxygen atoms in total. The predicted octanol–water partition coefficient (Wildman–Crippen LogP) is 4.80. The molecule has 150 valence electrons. The van der Waals surface area contributed by atoms with Gasteiger partial charge in [0.25, 0.3) is 0 Å². The van der Waals surface area contributed by atoms with E-state index in [0.717, 1.165) is 49.1 Å². The molecule has 1 N–H and O–H groups in total. The van der Waals surface area contributed by atoms with Gasteiger partial charge < -0.3 is 10.2 Å². The summed E-state index contributed by atoms with van der Waals surface area (Å²) in [6.07, 6.45) is 10.5. The van der Waals surface area contributed by atoms with Gasteiger partial charge in [-0.25, -0.2) is 0 Å². The van der Waals surface area contributed by atoms with E-state index < -0.39 is 0 Å². The highest BCUT2D eigenvalue weighted by atomic mass is 16.1. The van der Waals surface area contributed by atoms with Crippen LogP contribution in [0.25, 0.3) is 5.70 Å². The van der Waals surface area contributed by atoms with Gasteiger partial charge >= 0.3 is 0 Å². The third-order valence-electron chi connectivity index (χ3n) is 7.84. The van der Waals surface area contributed by atoms with Crippen LogP contribution in [0, 0.1) is 23.2 Å². The monoisotopic (exact) mass is 378 g/mol. The van der Waals surface area contributed by atoms with Gasteiger partial charge in [0.1, 0.15) is 0 Å². The van der Waals surface area contributed by atoms with Crippen LogP contribution in [0.4, 0.5) is 5.69 Å². The molecule has 28 heavy (non-hydrogen) atoms. The number of rotatable bonds is 3. The molecule has 4 saturated carbocycles. The van der Waals surface area contributed by atoms with Gasteiger partial charge in [-0.3, -0.25) is 4.79 Å². The zero-order chi connectivity index (χ0) is 19.7. The van der Waals surface area contributed by atoms with Crippen LogP contribution in [-0.2, 0) is 11.2 Å². The molecule has 0 atom stereocenters. The minimum absolute atomic E-state index is 0.0276. The molecule has 4 aliphatic carbocycles. The van der Waals surface area contributed by atoms with Crippen molar-refractivity contribution in [2.24, 2.45) is 23.2 Å². The quantitative estimate of drug-likeness (QED) is 0.767. The first-order valence-electron chi connectivity index (χ1n) is 11.1. The minimum atomic E-state index is -0.0651. The molecule has 0 unspecified atom stereocenters. The molecule has 0 spiro atoms. The fourth-order valence-electron chi connectivity index (χ4n) is 7.01. The molecule has 5 aliphatic rings. The Morgan fingerprint density at radius 2 is 1.68 bits per heavy atom. The van der Waals surface area contributed by atoms with Crippen LogP contribution in [0.5, 0.6) is 0 Å². The number of benzene rings is 1. The molecule has 0 radical (unpaired) electrons. The van der Waals surface area contributed by atoms with Crippen molar-refractivity contribution in [3.05, 3.63) is 35.4 Å². The van der Waals surface area contributed by atoms with Crippen molar-refractivity contribution in [1.29, 1.82) is 0 Å². The number of ketones is 1. The summed E-state index contributed by atoms with van der Waals surface area (Å²) in [6, 6.07) is 6.69. The first-order chi connectivity index (χ1) is 13.2. The van der Waals surface area contributed by atoms with E-state index in [1.165, 1.54) is 36.1 Å². The van der Waals surface area contributed by atoms with Crippen LogP contribution in [0.2, 0.25) is 0 Å². The van der Waals surface area contributed by atoms with Crippen molar-refractivity contribution < 1.29 is 4.79 Å². The summed E-state index contributed by atoms with van der Waals surface area (Å²) in [6.45, 7) is 4.47. The normalized spacial score (nSPS) is 36.1. The smallest absolute Gasteiger partial charge is 0.163 e. The lowest BCUT2D eigenvalue weighted by molar-refractivity contribution is -0.138. The maximum Gasteiger partial charge on any atom is 0.163 e. The second-order valence-corrected chi connectivity index (χ2v) is 11.0. The van der Waals surface area contributed by atoms with Crippen molar-refractivity contribution in [1.82, 2.24) is 5.32 Å². The summed E-state index contributed by atoms with van der Waals surface area (Å²) < 4.78 is 0. The first kappa shape index (κ1) is 18.3. The molecular weight excluding hydrogens is 344 g/mol. The second-order valence-electron chi connectivity index (χ2n) is 11.0. The van der Waals surface area contributed by atoms with Crippen molar-refractivity contribution >= 4 is 17.2 Å². The van der Waals surface area contributed by atoms with E-state index in [-0.39, 0.29) is 11.0 Å². The van der Waals surface area contributed by atoms with Gasteiger partial charge in [0.15, 0.2) is 5.78 Å². The molecule has 3 heteroatoms. The molecule has 4 bridgehead atoms. The van der Waals surface area contributed by atoms with Gasteiger partial charge in [-0.05, 0) is 94.2 Å². The van der Waals surface area contributed by atoms with E-state index in [4.69, 9.17) is 0 Å². The predicted molar refractivity (Wildman–Crippen MR) is 115 cm³/mol. The van der Waals surface area contributed by atoms with E-state index >= 15 is 0 Å². The molecule has 1 aliphatic heterocycles. The highest BCUT2D eigenvalue weighted by molar-refractivity contribution is 6.01. The van der Waals surface area contributed by atoms with Crippen LogP contribution >= 0.6 is 0 Å². The standard InChI is InChI=1S/C25H34N2O/c1-24(2)15-19-5-6-20(27(3)4)10-21(19)22(26-24)11-23(28)25-12-16-7-17(13-25)9-18(8-16)14-25/h5-6,10-11,16-18,26H,7-9,12-15H2,1-4H3/b22-11+. The maximum atomic E-state index is 13.7. The molecule has 0 saturated heterocycles. The Morgan fingerprint density at radius 1 is 1.07 bits per heavy atom. The largest absolute Gasteiger partial charge is 0.379 e. The molecule has 0 amide bonds. The van der Waals surface area contributed by atoms with Crippen LogP contribution < -0.4 is 10.2 Å². The fourth-order valence-corrected chi connectivity index (χ4v) is 7.01. The summed E-state index contributed by atoms with van der Waals surface area (Å²) >= 11 is 0. The topological polar surface area (TPSA) is 32.3 Å². The van der Waals surface area contributed by atoms with Crippen molar-refractivity contribution in [3.63, 3.8) is 0 Å². The average molecular weight is 379 g/mol. The maximum absolute atomic E-state index is 13.7. The van der Waals surface area contributed by atoms with Crippen LogP contribution in [0.1, 0.15) is 63.5 Å². The Morgan fingerprint density at radius 3 is 2.25 bits per heavy atom. The van der Waals surface area contributed by atoms with Crippen molar-refractivity contribution in [2.75, 3.05) is 19.0 Å². The summed E-state index contributed by atoms with van der Waals surface area (Å²) in [5.74, 6) is 2.80. The Bertz CT molecular complexity index is 813. The number of carbonyl (C=O) groups is 1. The lowest BCUT2D eigenvalue weighted by atomic mass is 9.48. The Kier molecular flexibility index (Phi) is 3.99. The Labute approximate surface area is 169 Å². The van der Waals surface area contributed by atoms with E-state index in [9.17, 15) is 4.79 Å². The number of nitrogens with zero attached hydrogens (tertiary/aromatic N) is 1. The SMILES string of the molecule is CN(C)c1ccc2c(c1)/C(=C\C(=O)C13CC4CC(CC(C4)C1)C3)NC(C)(C)C2. The number of anilines is 1. The van der Waals surface area contributed by atoms with Crippen molar-refractivity contribution in [2.45, 2.75) is 64.3 Å². The molecule has 1 aromatic carbocycles. The number of hydrogen-bond donors (Lipinski definition) is 1. The minimum Gasteiger partial charge on any atom is -0.379 e. The molecular formula is C25H34N2O. The molecule has 6 rings (SSSR count). The lowest BCUT2D eigenvalue weighted by Gasteiger charge is -2.55. The van der Waals surface area contributed by atoms with E-state index in [0.29, 0.717) is 5.78 Å². The van der Waals surface area contributed by atoms with Crippen LogP contribution in [0.15, 0.2) is 24.3 Å². The second kappa shape index (κ2) is 6.11. The van der Waals surface area contributed by atoms with Gasteiger partial charge in [0, 0.05) is 48.1 Å². The number of hydrogen-bond acceptors (Lipinski definition) is 3. The molecule has 1 heterocycles. The summed E-state index contributed by atoms with van der Waals surface area (Å²) in [7, 11) is 4.15. The molecule has 1 aromatic rings. The highest BCUT2D eigenvalue weighted by Gasteiger charge is 2.54. The van der Waals surface area contributed by atoms with Gasteiger partial charge in [-0.1, -0.05) is 6.07 Å². The zero-order valence-electron chi connectivity index (χ0n) is 17.8. The Hall–Kier alpha value is -1.77. The average Bonchev–Trinajstić information content (AvgIpc) is 2.59. The summed E-state index contributed by atoms with van der Waals surface area (Å²) in [5, 5.41) is 3.70. The van der Waals surface area contributed by atoms with E-state index in [1.807, 2.05) is 6.08 Å². The lowest BCUT2D eigenvalue weighted by Crippen LogP contribution is -2.50. The molecule has 4 fully saturated rings. The van der Waals surface area contributed by atoms with Crippen molar-refractivity contribution in [3.8, 4) is 0 Å². The summed E-state index contributed by atoms with van der Waals surface area (Å²) in [4.78, 5) is 15.8. The third-order valence-corrected chi connectivity index (χ3v) is 7.84. The van der Waals surface area contributed by atoms with Gasteiger partial charge in [-0.2, -0.15) is 0 Å². The highest BCUT2D eigenvalue weighted by Crippen LogP contribution is 2.60. The van der Waals surface area contributed by atoms with Crippen LogP contribution in [0.3, 0.4) is 0 Å². The van der Waals surface area contributed by atoms with E-state index in [1.54, 1.807) is 0 Å². The zero-order valence-corrected chi connectivity index (χ0v) is 17.8. The van der Waals surface area contributed by atoms with Gasteiger partial charge in [0.2, 0.25) is 0 Å². The van der Waals surface area contributed by atoms with E-state index in [2.05, 4.69) is 56.4 Å². The number of allylic oxidation sites excluding steroid dienone is 1. The van der Waals surface area contributed by atoms with Crippen LogP contribution in [-0.4, -0.2) is 25.4 Å². The van der Waals surface area contributed by atoms with Gasteiger partial charge in [0.05, 0.1) is 0 Å². The number of fused-ring (bicyclic) bond motifs is 1. The fraction of sp³-hybridized carbons (Fsp3) is 0.640. The van der Waals surface area contributed by atoms with Gasteiger partial charge in [-0.15, -0.1) is 0 Å². The third kappa shape index (κ3) is 2.98. The first-order valence-corrected chi connectivity index (χ1v) is 11.1. The number of carbonyl (C=O) groups excluding carboxylic acids is 1. The Balaban J connectivity index is 1.52. The molecule has 0 aromatic heterocycles.